The quantitative estimate of drug-likeness (QED) is 0.819. The Labute approximate surface area is 123 Å². The molecule has 3 N–H and O–H groups in total. The van der Waals surface area contributed by atoms with E-state index >= 15 is 0 Å². The number of anilines is 2. The van der Waals surface area contributed by atoms with Crippen molar-refractivity contribution >= 4 is 40.5 Å². The van der Waals surface area contributed by atoms with Gasteiger partial charge in [0, 0.05) is 5.69 Å². The molecule has 0 aliphatic rings. The lowest BCUT2D eigenvalue weighted by atomic mass is 10.1. The van der Waals surface area contributed by atoms with Crippen molar-refractivity contribution < 1.29 is 13.6 Å². The standard InChI is InChI=1S/C13H8Cl2F2N2O/c14-9-3-7(17)4-10(15)12(9)19-13(20)8-2-1-6(16)5-11(8)18/h1-5H,18H2,(H,19,20). The van der Waals surface area contributed by atoms with Crippen LogP contribution in [0.15, 0.2) is 30.3 Å². The van der Waals surface area contributed by atoms with Crippen LogP contribution in [0.25, 0.3) is 0 Å². The molecule has 3 nitrogen and oxygen atoms in total. The third-order valence-corrected chi connectivity index (χ3v) is 3.10. The highest BCUT2D eigenvalue weighted by molar-refractivity contribution is 6.40. The Bertz CT molecular complexity index is 669. The van der Waals surface area contributed by atoms with Crippen LogP contribution in [0.2, 0.25) is 10.0 Å². The van der Waals surface area contributed by atoms with E-state index in [0.717, 1.165) is 24.3 Å². The summed E-state index contributed by atoms with van der Waals surface area (Å²) in [6, 6.07) is 5.36. The number of hydrogen-bond acceptors (Lipinski definition) is 2. The van der Waals surface area contributed by atoms with Crippen LogP contribution in [0.4, 0.5) is 20.2 Å². The summed E-state index contributed by atoms with van der Waals surface area (Å²) in [5.74, 6) is -1.81. The van der Waals surface area contributed by atoms with E-state index in [1.807, 2.05) is 0 Å². The third-order valence-electron chi connectivity index (χ3n) is 2.50. The van der Waals surface area contributed by atoms with Gasteiger partial charge < -0.3 is 11.1 Å². The van der Waals surface area contributed by atoms with Gasteiger partial charge in [0.05, 0.1) is 21.3 Å². The minimum absolute atomic E-state index is 0.0307. The van der Waals surface area contributed by atoms with E-state index in [4.69, 9.17) is 28.9 Å². The number of benzene rings is 2. The number of nitrogens with one attached hydrogen (secondary N) is 1. The first-order valence-electron chi connectivity index (χ1n) is 5.39. The molecule has 104 valence electrons. The molecular weight excluding hydrogens is 309 g/mol. The predicted molar refractivity (Wildman–Crippen MR) is 75.2 cm³/mol. The van der Waals surface area contributed by atoms with Crippen LogP contribution in [0.3, 0.4) is 0 Å². The third kappa shape index (κ3) is 3.00. The molecule has 0 radical (unpaired) electrons. The summed E-state index contributed by atoms with van der Waals surface area (Å²) in [5, 5.41) is 2.31. The monoisotopic (exact) mass is 316 g/mol. The molecule has 0 bridgehead atoms. The Kier molecular flexibility index (Phi) is 4.11. The maximum absolute atomic E-state index is 13.0. The Morgan fingerprint density at radius 3 is 2.20 bits per heavy atom. The Morgan fingerprint density at radius 1 is 1.05 bits per heavy atom. The fraction of sp³-hybridized carbons (Fsp3) is 0. The molecule has 0 aliphatic carbocycles. The van der Waals surface area contributed by atoms with Crippen molar-refractivity contribution in [2.45, 2.75) is 0 Å². The first-order valence-corrected chi connectivity index (χ1v) is 6.15. The van der Waals surface area contributed by atoms with Gasteiger partial charge in [-0.25, -0.2) is 8.78 Å². The van der Waals surface area contributed by atoms with E-state index in [-0.39, 0.29) is 27.0 Å². The number of nitrogens with two attached hydrogens (primary N) is 1. The van der Waals surface area contributed by atoms with E-state index in [0.29, 0.717) is 0 Å². The molecule has 0 aliphatic heterocycles. The molecule has 0 saturated heterocycles. The maximum Gasteiger partial charge on any atom is 0.257 e. The van der Waals surface area contributed by atoms with E-state index in [1.165, 1.54) is 6.07 Å². The van der Waals surface area contributed by atoms with Gasteiger partial charge in [0.25, 0.3) is 5.91 Å². The molecule has 2 rings (SSSR count). The zero-order valence-electron chi connectivity index (χ0n) is 9.88. The average molecular weight is 317 g/mol. The molecule has 1 amide bonds. The molecule has 2 aromatic rings. The van der Waals surface area contributed by atoms with Crippen molar-refractivity contribution in [1.29, 1.82) is 0 Å². The first kappa shape index (κ1) is 14.6. The lowest BCUT2D eigenvalue weighted by Crippen LogP contribution is -2.15. The molecule has 0 fully saturated rings. The lowest BCUT2D eigenvalue weighted by molar-refractivity contribution is 0.102. The molecule has 2 aromatic carbocycles. The van der Waals surface area contributed by atoms with Gasteiger partial charge in [-0.1, -0.05) is 23.2 Å². The second-order valence-electron chi connectivity index (χ2n) is 3.93. The molecule has 0 spiro atoms. The zero-order chi connectivity index (χ0) is 14.9. The van der Waals surface area contributed by atoms with Crippen LogP contribution in [-0.2, 0) is 0 Å². The molecule has 0 aromatic heterocycles. The highest BCUT2D eigenvalue weighted by Crippen LogP contribution is 2.32. The van der Waals surface area contributed by atoms with Gasteiger partial charge in [0.2, 0.25) is 0 Å². The van der Waals surface area contributed by atoms with Crippen molar-refractivity contribution in [3.8, 4) is 0 Å². The summed E-state index contributed by atoms with van der Waals surface area (Å²) in [4.78, 5) is 12.0. The molecule has 20 heavy (non-hydrogen) atoms. The van der Waals surface area contributed by atoms with E-state index in [1.54, 1.807) is 0 Å². The van der Waals surface area contributed by atoms with E-state index in [9.17, 15) is 13.6 Å². The minimum atomic E-state index is -0.627. The van der Waals surface area contributed by atoms with Crippen molar-refractivity contribution in [2.75, 3.05) is 11.1 Å². The second-order valence-corrected chi connectivity index (χ2v) is 4.74. The Balaban J connectivity index is 2.33. The van der Waals surface area contributed by atoms with Crippen LogP contribution in [0, 0.1) is 11.6 Å². The molecule has 0 atom stereocenters. The largest absolute Gasteiger partial charge is 0.398 e. The van der Waals surface area contributed by atoms with Crippen LogP contribution in [0.1, 0.15) is 10.4 Å². The summed E-state index contributed by atoms with van der Waals surface area (Å²) in [7, 11) is 0. The van der Waals surface area contributed by atoms with Crippen LogP contribution in [0.5, 0.6) is 0 Å². The van der Waals surface area contributed by atoms with Gasteiger partial charge in [-0.2, -0.15) is 0 Å². The van der Waals surface area contributed by atoms with Gasteiger partial charge >= 0.3 is 0 Å². The number of nitrogen functional groups attached to an aromatic ring is 1. The topological polar surface area (TPSA) is 55.1 Å². The first-order chi connectivity index (χ1) is 9.38. The lowest BCUT2D eigenvalue weighted by Gasteiger charge is -2.11. The van der Waals surface area contributed by atoms with Gasteiger partial charge in [-0.05, 0) is 30.3 Å². The molecular formula is C13H8Cl2F2N2O. The molecule has 7 heteroatoms. The summed E-state index contributed by atoms with van der Waals surface area (Å²) in [5.41, 5.74) is 5.64. The average Bonchev–Trinajstić information content (AvgIpc) is 2.33. The molecule has 0 unspecified atom stereocenters. The van der Waals surface area contributed by atoms with Gasteiger partial charge in [0.1, 0.15) is 11.6 Å². The van der Waals surface area contributed by atoms with Crippen LogP contribution in [-0.4, -0.2) is 5.91 Å². The summed E-state index contributed by atoms with van der Waals surface area (Å²) < 4.78 is 25.9. The molecule has 0 saturated carbocycles. The van der Waals surface area contributed by atoms with Gasteiger partial charge in [0.15, 0.2) is 0 Å². The number of halogens is 4. The van der Waals surface area contributed by atoms with Crippen molar-refractivity contribution in [3.05, 3.63) is 57.6 Å². The SMILES string of the molecule is Nc1cc(F)ccc1C(=O)Nc1c(Cl)cc(F)cc1Cl. The fourth-order valence-corrected chi connectivity index (χ4v) is 2.14. The Morgan fingerprint density at radius 2 is 1.65 bits per heavy atom. The minimum Gasteiger partial charge on any atom is -0.398 e. The zero-order valence-corrected chi connectivity index (χ0v) is 11.4. The van der Waals surface area contributed by atoms with Gasteiger partial charge in [-0.15, -0.1) is 0 Å². The van der Waals surface area contributed by atoms with E-state index in [2.05, 4.69) is 5.32 Å². The van der Waals surface area contributed by atoms with Gasteiger partial charge in [-0.3, -0.25) is 4.79 Å². The summed E-state index contributed by atoms with van der Waals surface area (Å²) >= 11 is 11.6. The smallest absolute Gasteiger partial charge is 0.257 e. The summed E-state index contributed by atoms with van der Waals surface area (Å²) in [6.45, 7) is 0. The Hall–Kier alpha value is -1.85. The van der Waals surface area contributed by atoms with Crippen LogP contribution < -0.4 is 11.1 Å². The number of rotatable bonds is 2. The maximum atomic E-state index is 13.0. The summed E-state index contributed by atoms with van der Waals surface area (Å²) in [6.07, 6.45) is 0. The number of amides is 1. The van der Waals surface area contributed by atoms with E-state index < -0.39 is 17.5 Å². The normalized spacial score (nSPS) is 10.4. The number of carbonyl (C=O) groups is 1. The highest BCUT2D eigenvalue weighted by atomic mass is 35.5. The van der Waals surface area contributed by atoms with Crippen molar-refractivity contribution in [3.63, 3.8) is 0 Å². The highest BCUT2D eigenvalue weighted by Gasteiger charge is 2.15. The number of carbonyl (C=O) groups excluding carboxylic acids is 1. The second kappa shape index (κ2) is 5.64. The number of hydrogen-bond donors (Lipinski definition) is 2. The fourth-order valence-electron chi connectivity index (χ4n) is 1.58. The van der Waals surface area contributed by atoms with Crippen molar-refractivity contribution in [2.24, 2.45) is 0 Å². The molecule has 0 heterocycles. The predicted octanol–water partition coefficient (Wildman–Crippen LogP) is 4.11. The van der Waals surface area contributed by atoms with Crippen LogP contribution >= 0.6 is 23.2 Å². The van der Waals surface area contributed by atoms with Crippen molar-refractivity contribution in [1.82, 2.24) is 0 Å².